The van der Waals surface area contributed by atoms with E-state index in [0.29, 0.717) is 5.92 Å². The molecule has 0 amide bonds. The molecule has 5 nitrogen and oxygen atoms in total. The zero-order valence-electron chi connectivity index (χ0n) is 15.2. The summed E-state index contributed by atoms with van der Waals surface area (Å²) in [6.07, 6.45) is 8.01. The standard InChI is InChI=1S/C22H22N4O/c1-2-6-17(7-3-1)21-22(18-10-13-27-15-18)25(16-24-21)12-9-19-14-23-20-8-4-5-11-26(19)20/h1-8,11,14,16,18H,9-10,12-13,15H2/t18-/m0/s1. The Morgan fingerprint density at radius 3 is 2.78 bits per heavy atom. The third kappa shape index (κ3) is 3.04. The molecule has 0 spiro atoms. The number of fused-ring (bicyclic) bond motifs is 1. The molecule has 0 saturated carbocycles. The predicted molar refractivity (Wildman–Crippen MR) is 105 cm³/mol. The zero-order chi connectivity index (χ0) is 18.1. The van der Waals surface area contributed by atoms with Gasteiger partial charge in [0.1, 0.15) is 5.65 Å². The molecule has 1 saturated heterocycles. The van der Waals surface area contributed by atoms with E-state index in [1.165, 1.54) is 17.0 Å². The summed E-state index contributed by atoms with van der Waals surface area (Å²) in [7, 11) is 0. The topological polar surface area (TPSA) is 44.4 Å². The smallest absolute Gasteiger partial charge is 0.136 e. The highest BCUT2D eigenvalue weighted by Gasteiger charge is 2.25. The van der Waals surface area contributed by atoms with E-state index in [9.17, 15) is 0 Å². The van der Waals surface area contributed by atoms with Crippen molar-refractivity contribution in [3.63, 3.8) is 0 Å². The largest absolute Gasteiger partial charge is 0.381 e. The van der Waals surface area contributed by atoms with Gasteiger partial charge in [0.2, 0.25) is 0 Å². The molecule has 1 atom stereocenters. The summed E-state index contributed by atoms with van der Waals surface area (Å²) in [6.45, 7) is 2.49. The number of rotatable bonds is 5. The van der Waals surface area contributed by atoms with Crippen LogP contribution >= 0.6 is 0 Å². The molecular formula is C22H22N4O. The number of nitrogens with zero attached hydrogens (tertiary/aromatic N) is 4. The number of hydrogen-bond donors (Lipinski definition) is 0. The Morgan fingerprint density at radius 1 is 1.04 bits per heavy atom. The zero-order valence-corrected chi connectivity index (χ0v) is 15.2. The molecular weight excluding hydrogens is 336 g/mol. The van der Waals surface area contributed by atoms with Crippen molar-refractivity contribution in [1.82, 2.24) is 18.9 Å². The van der Waals surface area contributed by atoms with Gasteiger partial charge in [-0.05, 0) is 18.6 Å². The molecule has 0 N–H and O–H groups in total. The average Bonchev–Trinajstić information content (AvgIpc) is 3.46. The van der Waals surface area contributed by atoms with Gasteiger partial charge >= 0.3 is 0 Å². The molecule has 0 unspecified atom stereocenters. The van der Waals surface area contributed by atoms with Gasteiger partial charge in [0, 0.05) is 49.1 Å². The molecule has 0 aliphatic carbocycles. The summed E-state index contributed by atoms with van der Waals surface area (Å²) >= 11 is 0. The van der Waals surface area contributed by atoms with E-state index in [2.05, 4.69) is 44.4 Å². The molecule has 4 heterocycles. The molecule has 5 rings (SSSR count). The van der Waals surface area contributed by atoms with E-state index in [4.69, 9.17) is 9.72 Å². The molecule has 0 bridgehead atoms. The number of pyridine rings is 1. The van der Waals surface area contributed by atoms with Crippen LogP contribution in [0.15, 0.2) is 67.3 Å². The number of aryl methyl sites for hydroxylation is 2. The van der Waals surface area contributed by atoms with Crippen LogP contribution in [0.25, 0.3) is 16.9 Å². The average molecular weight is 358 g/mol. The minimum absolute atomic E-state index is 0.407. The first-order valence-electron chi connectivity index (χ1n) is 9.49. The van der Waals surface area contributed by atoms with E-state index in [-0.39, 0.29) is 0 Å². The van der Waals surface area contributed by atoms with Crippen molar-refractivity contribution in [2.75, 3.05) is 13.2 Å². The first-order chi connectivity index (χ1) is 13.4. The van der Waals surface area contributed by atoms with Crippen LogP contribution in [-0.2, 0) is 17.7 Å². The first kappa shape index (κ1) is 16.3. The number of aromatic nitrogens is 4. The predicted octanol–water partition coefficient (Wildman–Crippen LogP) is 3.94. The lowest BCUT2D eigenvalue weighted by Gasteiger charge is -2.15. The van der Waals surface area contributed by atoms with E-state index in [1.807, 2.05) is 36.8 Å². The van der Waals surface area contributed by atoms with E-state index < -0.39 is 0 Å². The summed E-state index contributed by atoms with van der Waals surface area (Å²) in [4.78, 5) is 9.28. The molecule has 3 aromatic heterocycles. The van der Waals surface area contributed by atoms with Crippen LogP contribution in [0.4, 0.5) is 0 Å². The molecule has 5 heteroatoms. The Labute approximate surface area is 158 Å². The van der Waals surface area contributed by atoms with Gasteiger partial charge in [-0.2, -0.15) is 0 Å². The Bertz CT molecular complexity index is 1040. The first-order valence-corrected chi connectivity index (χ1v) is 9.49. The monoisotopic (exact) mass is 358 g/mol. The quantitative estimate of drug-likeness (QED) is 0.543. The Hall–Kier alpha value is -2.92. The fourth-order valence-corrected chi connectivity index (χ4v) is 3.97. The van der Waals surface area contributed by atoms with Crippen molar-refractivity contribution in [2.24, 2.45) is 0 Å². The van der Waals surface area contributed by atoms with Crippen LogP contribution in [-0.4, -0.2) is 32.1 Å². The fraction of sp³-hybridized carbons (Fsp3) is 0.273. The normalized spacial score (nSPS) is 17.0. The van der Waals surface area contributed by atoms with Crippen LogP contribution in [0.3, 0.4) is 0 Å². The third-order valence-electron chi connectivity index (χ3n) is 5.34. The van der Waals surface area contributed by atoms with E-state index in [0.717, 1.165) is 43.9 Å². The molecule has 4 aromatic rings. The Kier molecular flexibility index (Phi) is 4.22. The van der Waals surface area contributed by atoms with Crippen molar-refractivity contribution in [3.05, 3.63) is 78.6 Å². The summed E-state index contributed by atoms with van der Waals surface area (Å²) in [5, 5.41) is 0. The molecule has 27 heavy (non-hydrogen) atoms. The Morgan fingerprint density at radius 2 is 1.93 bits per heavy atom. The van der Waals surface area contributed by atoms with Gasteiger partial charge in [-0.15, -0.1) is 0 Å². The summed E-state index contributed by atoms with van der Waals surface area (Å²) < 4.78 is 10.1. The lowest BCUT2D eigenvalue weighted by atomic mass is 9.99. The van der Waals surface area contributed by atoms with E-state index in [1.54, 1.807) is 0 Å². The van der Waals surface area contributed by atoms with Crippen molar-refractivity contribution < 1.29 is 4.74 Å². The maximum Gasteiger partial charge on any atom is 0.136 e. The number of benzene rings is 1. The van der Waals surface area contributed by atoms with Crippen LogP contribution < -0.4 is 0 Å². The van der Waals surface area contributed by atoms with Crippen molar-refractivity contribution in [1.29, 1.82) is 0 Å². The van der Waals surface area contributed by atoms with Crippen LogP contribution in [0.2, 0.25) is 0 Å². The lowest BCUT2D eigenvalue weighted by Crippen LogP contribution is -2.11. The number of imidazole rings is 2. The maximum atomic E-state index is 5.68. The SMILES string of the molecule is c1ccc(-c2ncn(CCc3cnc4ccccn34)c2[C@H]2CCOC2)cc1. The van der Waals surface area contributed by atoms with Gasteiger partial charge in [-0.25, -0.2) is 9.97 Å². The molecule has 1 aliphatic rings. The third-order valence-corrected chi connectivity index (χ3v) is 5.34. The summed E-state index contributed by atoms with van der Waals surface area (Å²) in [5.41, 5.74) is 5.77. The molecule has 1 fully saturated rings. The Balaban J connectivity index is 1.47. The maximum absolute atomic E-state index is 5.68. The second kappa shape index (κ2) is 7.00. The van der Waals surface area contributed by atoms with Crippen LogP contribution in [0.5, 0.6) is 0 Å². The summed E-state index contributed by atoms with van der Waals surface area (Å²) in [6, 6.07) is 16.6. The van der Waals surface area contributed by atoms with E-state index >= 15 is 0 Å². The highest BCUT2D eigenvalue weighted by Crippen LogP contribution is 2.33. The van der Waals surface area contributed by atoms with Crippen molar-refractivity contribution in [3.8, 4) is 11.3 Å². The number of hydrogen-bond acceptors (Lipinski definition) is 3. The highest BCUT2D eigenvalue weighted by molar-refractivity contribution is 5.62. The van der Waals surface area contributed by atoms with Gasteiger partial charge < -0.3 is 13.7 Å². The highest BCUT2D eigenvalue weighted by atomic mass is 16.5. The summed E-state index contributed by atoms with van der Waals surface area (Å²) in [5.74, 6) is 0.407. The van der Waals surface area contributed by atoms with Gasteiger partial charge in [0.25, 0.3) is 0 Å². The minimum Gasteiger partial charge on any atom is -0.381 e. The molecule has 0 radical (unpaired) electrons. The minimum atomic E-state index is 0.407. The fourth-order valence-electron chi connectivity index (χ4n) is 3.97. The second-order valence-corrected chi connectivity index (χ2v) is 7.03. The van der Waals surface area contributed by atoms with Crippen LogP contribution in [0, 0.1) is 0 Å². The van der Waals surface area contributed by atoms with Gasteiger partial charge in [0.05, 0.1) is 24.3 Å². The molecule has 136 valence electrons. The molecule has 1 aromatic carbocycles. The van der Waals surface area contributed by atoms with Crippen molar-refractivity contribution in [2.45, 2.75) is 25.3 Å². The molecule has 1 aliphatic heterocycles. The van der Waals surface area contributed by atoms with Gasteiger partial charge in [0.15, 0.2) is 0 Å². The number of ether oxygens (including phenoxy) is 1. The lowest BCUT2D eigenvalue weighted by molar-refractivity contribution is 0.193. The van der Waals surface area contributed by atoms with Crippen LogP contribution in [0.1, 0.15) is 23.7 Å². The second-order valence-electron chi connectivity index (χ2n) is 7.03. The van der Waals surface area contributed by atoms with Gasteiger partial charge in [-0.3, -0.25) is 0 Å². The van der Waals surface area contributed by atoms with Crippen molar-refractivity contribution >= 4 is 5.65 Å². The van der Waals surface area contributed by atoms with Gasteiger partial charge in [-0.1, -0.05) is 36.4 Å².